The van der Waals surface area contributed by atoms with Crippen molar-refractivity contribution in [3.63, 3.8) is 0 Å². The standard InChI is InChI=1S/C33H34O4S/c1-5-13-26(14-6-1)22-34-25-32-30(35-23-27-15-7-2-8-16-27)21-31(36-24-28-17-9-3-10-18-28)33(37-32)38-29-19-11-4-12-20-29/h1-20,30-33H,21-25H2/t30-,31-,32-,33+/m1/s1/i21D/t21-,30+,31+,32+,33-/m0. The van der Waals surface area contributed by atoms with Crippen LogP contribution in [0.4, 0.5) is 0 Å². The zero-order chi connectivity index (χ0) is 26.7. The predicted molar refractivity (Wildman–Crippen MR) is 152 cm³/mol. The van der Waals surface area contributed by atoms with Gasteiger partial charge >= 0.3 is 0 Å². The quantitative estimate of drug-likeness (QED) is 0.193. The van der Waals surface area contributed by atoms with E-state index in [9.17, 15) is 1.37 Å². The van der Waals surface area contributed by atoms with Gasteiger partial charge in [0.1, 0.15) is 11.5 Å². The lowest BCUT2D eigenvalue weighted by Gasteiger charge is -2.41. The molecule has 0 saturated carbocycles. The van der Waals surface area contributed by atoms with E-state index >= 15 is 0 Å². The van der Waals surface area contributed by atoms with Crippen LogP contribution in [0.2, 0.25) is 0 Å². The van der Waals surface area contributed by atoms with Crippen LogP contribution in [-0.4, -0.2) is 30.4 Å². The van der Waals surface area contributed by atoms with E-state index in [4.69, 9.17) is 18.9 Å². The van der Waals surface area contributed by atoms with Crippen LogP contribution >= 0.6 is 11.8 Å². The van der Waals surface area contributed by atoms with E-state index in [1.807, 2.05) is 109 Å². The van der Waals surface area contributed by atoms with Gasteiger partial charge in [-0.3, -0.25) is 0 Å². The first-order chi connectivity index (χ1) is 19.3. The largest absolute Gasteiger partial charge is 0.374 e. The molecule has 0 N–H and O–H groups in total. The summed E-state index contributed by atoms with van der Waals surface area (Å²) in [4.78, 5) is 1.07. The van der Waals surface area contributed by atoms with E-state index in [1.54, 1.807) is 11.8 Å². The van der Waals surface area contributed by atoms with E-state index in [1.165, 1.54) is 0 Å². The van der Waals surface area contributed by atoms with E-state index < -0.39 is 24.7 Å². The van der Waals surface area contributed by atoms with Crippen LogP contribution in [-0.2, 0) is 38.8 Å². The molecular weight excluding hydrogens is 492 g/mol. The zero-order valence-corrected chi connectivity index (χ0v) is 22.1. The summed E-state index contributed by atoms with van der Waals surface area (Å²) >= 11 is 1.58. The predicted octanol–water partition coefficient (Wildman–Crippen LogP) is 7.28. The third kappa shape index (κ3) is 8.03. The van der Waals surface area contributed by atoms with Gasteiger partial charge in [-0.1, -0.05) is 121 Å². The van der Waals surface area contributed by atoms with E-state index in [2.05, 4.69) is 12.1 Å². The summed E-state index contributed by atoms with van der Waals surface area (Å²) in [6, 6.07) is 40.3. The molecule has 0 radical (unpaired) electrons. The monoisotopic (exact) mass is 527 g/mol. The molecule has 0 aliphatic carbocycles. The Balaban J connectivity index is 1.35. The van der Waals surface area contributed by atoms with Crippen molar-refractivity contribution in [2.75, 3.05) is 6.61 Å². The fourth-order valence-electron chi connectivity index (χ4n) is 4.29. The lowest BCUT2D eigenvalue weighted by atomic mass is 10.0. The maximum absolute atomic E-state index is 9.35. The van der Waals surface area contributed by atoms with Crippen molar-refractivity contribution in [3.05, 3.63) is 138 Å². The summed E-state index contributed by atoms with van der Waals surface area (Å²) in [7, 11) is 0. The van der Waals surface area contributed by atoms with Crippen LogP contribution in [0.1, 0.15) is 24.5 Å². The minimum atomic E-state index is -0.669. The molecule has 4 nitrogen and oxygen atoms in total. The number of ether oxygens (including phenoxy) is 4. The molecular formula is C33H34O4S. The van der Waals surface area contributed by atoms with Gasteiger partial charge in [-0.2, -0.15) is 0 Å². The lowest BCUT2D eigenvalue weighted by molar-refractivity contribution is -0.191. The molecule has 1 aliphatic heterocycles. The number of rotatable bonds is 12. The molecule has 5 heteroatoms. The fraction of sp³-hybridized carbons (Fsp3) is 0.273. The van der Waals surface area contributed by atoms with Crippen LogP contribution in [0.3, 0.4) is 0 Å². The molecule has 1 aliphatic rings. The molecule has 0 aromatic heterocycles. The Labute approximate surface area is 231 Å². The highest BCUT2D eigenvalue weighted by Gasteiger charge is 2.40. The second-order valence-corrected chi connectivity index (χ2v) is 10.4. The molecule has 38 heavy (non-hydrogen) atoms. The zero-order valence-electron chi connectivity index (χ0n) is 22.3. The molecule has 0 bridgehead atoms. The first-order valence-corrected chi connectivity index (χ1v) is 13.9. The van der Waals surface area contributed by atoms with Gasteiger partial charge in [-0.15, -0.1) is 0 Å². The Bertz CT molecular complexity index is 1230. The molecule has 0 unspecified atom stereocenters. The summed E-state index contributed by atoms with van der Waals surface area (Å²) in [5.74, 6) is 0. The summed E-state index contributed by atoms with van der Waals surface area (Å²) < 4.78 is 34.9. The summed E-state index contributed by atoms with van der Waals surface area (Å²) in [5, 5.41) is 0. The van der Waals surface area contributed by atoms with Crippen LogP contribution in [0, 0.1) is 0 Å². The first-order valence-electron chi connectivity index (χ1n) is 13.6. The fourth-order valence-corrected chi connectivity index (χ4v) is 5.37. The summed E-state index contributed by atoms with van der Waals surface area (Å²) in [6.45, 7) is 1.58. The van der Waals surface area contributed by atoms with E-state index in [0.29, 0.717) is 26.4 Å². The van der Waals surface area contributed by atoms with Crippen molar-refractivity contribution >= 4 is 11.8 Å². The second kappa shape index (κ2) is 14.3. The Morgan fingerprint density at radius 1 is 0.632 bits per heavy atom. The minimum Gasteiger partial charge on any atom is -0.374 e. The molecule has 1 saturated heterocycles. The van der Waals surface area contributed by atoms with Gasteiger partial charge in [0.05, 0.1) is 38.6 Å². The van der Waals surface area contributed by atoms with Crippen molar-refractivity contribution in [3.8, 4) is 0 Å². The molecule has 5 rings (SSSR count). The molecule has 196 valence electrons. The lowest BCUT2D eigenvalue weighted by Crippen LogP contribution is -2.49. The van der Waals surface area contributed by atoms with Crippen molar-refractivity contribution in [2.24, 2.45) is 0 Å². The van der Waals surface area contributed by atoms with Crippen LogP contribution < -0.4 is 0 Å². The Morgan fingerprint density at radius 2 is 1.11 bits per heavy atom. The second-order valence-electron chi connectivity index (χ2n) is 9.19. The summed E-state index contributed by atoms with van der Waals surface area (Å²) in [6.07, 6.45) is -2.11. The third-order valence-corrected chi connectivity index (χ3v) is 7.44. The average Bonchev–Trinajstić information content (AvgIpc) is 2.99. The molecule has 5 atom stereocenters. The Hall–Kier alpha value is -2.93. The smallest absolute Gasteiger partial charge is 0.134 e. The number of hydrogen-bond acceptors (Lipinski definition) is 5. The van der Waals surface area contributed by atoms with E-state index in [-0.39, 0.29) is 5.44 Å². The highest BCUT2D eigenvalue weighted by molar-refractivity contribution is 7.99. The molecule has 4 aromatic carbocycles. The molecule has 1 fully saturated rings. The molecule has 0 amide bonds. The van der Waals surface area contributed by atoms with Gasteiger partial charge < -0.3 is 18.9 Å². The molecule has 1 heterocycles. The van der Waals surface area contributed by atoms with Gasteiger partial charge in [-0.05, 0) is 28.8 Å². The van der Waals surface area contributed by atoms with Gasteiger partial charge in [0.2, 0.25) is 0 Å². The maximum Gasteiger partial charge on any atom is 0.134 e. The SMILES string of the molecule is [2H][C@H]1[C@@H](OCc2ccccc2)[C@@H](COCc2ccccc2)O[C@@H](Sc2ccccc2)[C@@H]1OCc1ccccc1. The van der Waals surface area contributed by atoms with E-state index in [0.717, 1.165) is 21.6 Å². The van der Waals surface area contributed by atoms with Crippen LogP contribution in [0.5, 0.6) is 0 Å². The first kappa shape index (κ1) is 25.4. The van der Waals surface area contributed by atoms with Crippen LogP contribution in [0.25, 0.3) is 0 Å². The van der Waals surface area contributed by atoms with Crippen molar-refractivity contribution in [2.45, 2.75) is 54.9 Å². The normalized spacial score (nSPS) is 23.6. The Morgan fingerprint density at radius 3 is 1.66 bits per heavy atom. The van der Waals surface area contributed by atoms with Gasteiger partial charge in [0.15, 0.2) is 0 Å². The van der Waals surface area contributed by atoms with Crippen LogP contribution in [0.15, 0.2) is 126 Å². The average molecular weight is 528 g/mol. The maximum atomic E-state index is 9.35. The van der Waals surface area contributed by atoms with Gasteiger partial charge in [0, 0.05) is 12.7 Å². The minimum absolute atomic E-state index is 0.320. The number of hydrogen-bond donors (Lipinski definition) is 0. The van der Waals surface area contributed by atoms with Gasteiger partial charge in [0.25, 0.3) is 0 Å². The van der Waals surface area contributed by atoms with Crippen molar-refractivity contribution in [1.29, 1.82) is 0 Å². The van der Waals surface area contributed by atoms with Gasteiger partial charge in [-0.25, -0.2) is 0 Å². The number of benzene rings is 4. The highest BCUT2D eigenvalue weighted by atomic mass is 32.2. The third-order valence-electron chi connectivity index (χ3n) is 6.28. The van der Waals surface area contributed by atoms with Crippen molar-refractivity contribution < 1.29 is 20.3 Å². The molecule has 0 spiro atoms. The number of thioether (sulfide) groups is 1. The summed E-state index contributed by atoms with van der Waals surface area (Å²) in [5.41, 5.74) is 2.82. The van der Waals surface area contributed by atoms with Crippen molar-refractivity contribution in [1.82, 2.24) is 0 Å². The highest BCUT2D eigenvalue weighted by Crippen LogP contribution is 2.36. The topological polar surface area (TPSA) is 36.9 Å². The Kier molecular flexibility index (Phi) is 9.53. The molecule has 4 aromatic rings.